The first-order chi connectivity index (χ1) is 8.06. The van der Waals surface area contributed by atoms with Crippen molar-refractivity contribution in [1.29, 1.82) is 0 Å². The maximum Gasteiger partial charge on any atom is 0.205 e. The van der Waals surface area contributed by atoms with E-state index in [-0.39, 0.29) is 5.78 Å². The zero-order chi connectivity index (χ0) is 12.8. The van der Waals surface area contributed by atoms with E-state index >= 15 is 0 Å². The van der Waals surface area contributed by atoms with E-state index in [1.807, 2.05) is 6.92 Å². The average molecular weight is 254 g/mol. The highest BCUT2D eigenvalue weighted by atomic mass is 32.1. The highest BCUT2D eigenvalue weighted by Gasteiger charge is 2.21. The number of aliphatic imine (C=N–C) groups is 1. The van der Waals surface area contributed by atoms with Crippen molar-refractivity contribution in [3.8, 4) is 0 Å². The quantitative estimate of drug-likeness (QED) is 0.476. The van der Waals surface area contributed by atoms with E-state index in [1.165, 1.54) is 0 Å². The molecule has 0 saturated carbocycles. The van der Waals surface area contributed by atoms with E-state index < -0.39 is 0 Å². The lowest BCUT2D eigenvalue weighted by Crippen LogP contribution is -2.37. The molecule has 0 fully saturated rings. The summed E-state index contributed by atoms with van der Waals surface area (Å²) in [6.45, 7) is 5.62. The largest absolute Gasteiger partial charge is 0.366 e. The first kappa shape index (κ1) is 13.8. The number of rotatable bonds is 5. The van der Waals surface area contributed by atoms with E-state index in [4.69, 9.17) is 12.2 Å². The van der Waals surface area contributed by atoms with Gasteiger partial charge in [-0.2, -0.15) is 0 Å². The second kappa shape index (κ2) is 6.46. The topological polar surface area (TPSA) is 65.5 Å². The lowest BCUT2D eigenvalue weighted by Gasteiger charge is -2.08. The second-order valence-electron chi connectivity index (χ2n) is 3.77. The highest BCUT2D eigenvalue weighted by molar-refractivity contribution is 7.80. The van der Waals surface area contributed by atoms with Gasteiger partial charge in [0.2, 0.25) is 5.78 Å². The third kappa shape index (κ3) is 3.90. The molecule has 1 aliphatic rings. The van der Waals surface area contributed by atoms with Crippen molar-refractivity contribution >= 4 is 28.8 Å². The number of carbonyl (C=O) groups excluding carboxylic acids is 1. The number of Topliss-reactive ketones (excluding diaryl/α,β-unsaturated/α-hetero) is 1. The molecular weight excluding hydrogens is 236 g/mol. The van der Waals surface area contributed by atoms with Crippen molar-refractivity contribution in [2.75, 3.05) is 26.7 Å². The van der Waals surface area contributed by atoms with E-state index in [0.29, 0.717) is 17.4 Å². The fourth-order valence-corrected chi connectivity index (χ4v) is 1.63. The monoisotopic (exact) mass is 254 g/mol. The molecule has 0 saturated heterocycles. The summed E-state index contributed by atoms with van der Waals surface area (Å²) in [4.78, 5) is 15.8. The number of hydrogen-bond acceptors (Lipinski definition) is 4. The summed E-state index contributed by atoms with van der Waals surface area (Å²) in [5.74, 6) is 0.0497. The molecule has 1 aliphatic heterocycles. The molecule has 0 unspecified atom stereocenters. The second-order valence-corrected chi connectivity index (χ2v) is 4.18. The molecule has 1 rings (SSSR count). The van der Waals surface area contributed by atoms with Crippen LogP contribution >= 0.6 is 12.2 Å². The van der Waals surface area contributed by atoms with Gasteiger partial charge in [0.05, 0.1) is 5.71 Å². The van der Waals surface area contributed by atoms with Gasteiger partial charge in [0.25, 0.3) is 0 Å². The molecule has 0 aromatic heterocycles. The maximum atomic E-state index is 11.7. The van der Waals surface area contributed by atoms with Crippen LogP contribution in [0.1, 0.15) is 13.8 Å². The first-order valence-electron chi connectivity index (χ1n) is 5.52. The standard InChI is InChI=1S/C11H18N4OS/c1-7-9(10(16)8(2)15-7)6-13-4-5-14-11(17)12-3/h13H,4-6H2,1-3H3,(H2,12,14,17). The molecule has 0 amide bonds. The fourth-order valence-electron chi connectivity index (χ4n) is 1.53. The number of nitrogens with zero attached hydrogens (tertiary/aromatic N) is 1. The van der Waals surface area contributed by atoms with Crippen LogP contribution in [-0.2, 0) is 4.79 Å². The van der Waals surface area contributed by atoms with Crippen LogP contribution in [0.15, 0.2) is 16.3 Å². The molecule has 0 bridgehead atoms. The van der Waals surface area contributed by atoms with Gasteiger partial charge in [-0.05, 0) is 26.1 Å². The summed E-state index contributed by atoms with van der Waals surface area (Å²) in [5.41, 5.74) is 2.16. The Balaban J connectivity index is 2.23. The maximum absolute atomic E-state index is 11.7. The predicted octanol–water partition coefficient (Wildman–Crippen LogP) is -0.0125. The highest BCUT2D eigenvalue weighted by Crippen LogP contribution is 2.14. The Bertz CT molecular complexity index is 387. The molecule has 1 heterocycles. The first-order valence-corrected chi connectivity index (χ1v) is 5.93. The molecule has 0 aliphatic carbocycles. The molecule has 3 N–H and O–H groups in total. The van der Waals surface area contributed by atoms with Crippen LogP contribution in [0.25, 0.3) is 0 Å². The molecule has 0 aromatic rings. The van der Waals surface area contributed by atoms with Crippen LogP contribution in [0.5, 0.6) is 0 Å². The molecule has 0 spiro atoms. The van der Waals surface area contributed by atoms with Crippen LogP contribution in [0.3, 0.4) is 0 Å². The molecular formula is C11H18N4OS. The van der Waals surface area contributed by atoms with Gasteiger partial charge >= 0.3 is 0 Å². The van der Waals surface area contributed by atoms with Gasteiger partial charge in [0.15, 0.2) is 5.11 Å². The van der Waals surface area contributed by atoms with Crippen molar-refractivity contribution < 1.29 is 4.79 Å². The van der Waals surface area contributed by atoms with Gasteiger partial charge < -0.3 is 16.0 Å². The van der Waals surface area contributed by atoms with E-state index in [9.17, 15) is 4.79 Å². The Morgan fingerprint density at radius 2 is 2.06 bits per heavy atom. The van der Waals surface area contributed by atoms with Gasteiger partial charge in [-0.3, -0.25) is 9.79 Å². The van der Waals surface area contributed by atoms with Gasteiger partial charge in [0, 0.05) is 38.0 Å². The Morgan fingerprint density at radius 3 is 2.59 bits per heavy atom. The lowest BCUT2D eigenvalue weighted by atomic mass is 10.1. The van der Waals surface area contributed by atoms with Gasteiger partial charge in [-0.15, -0.1) is 0 Å². The van der Waals surface area contributed by atoms with Crippen molar-refractivity contribution in [3.63, 3.8) is 0 Å². The molecule has 5 nitrogen and oxygen atoms in total. The number of allylic oxidation sites excluding steroid dienone is 1. The Morgan fingerprint density at radius 1 is 1.35 bits per heavy atom. The van der Waals surface area contributed by atoms with Gasteiger partial charge in [-0.1, -0.05) is 0 Å². The minimum Gasteiger partial charge on any atom is -0.366 e. The van der Waals surface area contributed by atoms with E-state index in [0.717, 1.165) is 24.4 Å². The summed E-state index contributed by atoms with van der Waals surface area (Å²) >= 11 is 4.93. The number of ketones is 1. The molecule has 17 heavy (non-hydrogen) atoms. The summed E-state index contributed by atoms with van der Waals surface area (Å²) in [5, 5.41) is 9.65. The van der Waals surface area contributed by atoms with Gasteiger partial charge in [-0.25, -0.2) is 0 Å². The molecule has 0 radical (unpaired) electrons. The van der Waals surface area contributed by atoms with Crippen molar-refractivity contribution in [2.45, 2.75) is 13.8 Å². The Kier molecular flexibility index (Phi) is 5.24. The summed E-state index contributed by atoms with van der Waals surface area (Å²) < 4.78 is 0. The number of nitrogens with one attached hydrogen (secondary N) is 3. The number of carbonyl (C=O) groups is 1. The lowest BCUT2D eigenvalue weighted by molar-refractivity contribution is -0.109. The van der Waals surface area contributed by atoms with Crippen molar-refractivity contribution in [3.05, 3.63) is 11.3 Å². The number of thiocarbonyl (C=S) groups is 1. The summed E-state index contributed by atoms with van der Waals surface area (Å²) in [6.07, 6.45) is 0. The average Bonchev–Trinajstić information content (AvgIpc) is 2.54. The normalized spacial score (nSPS) is 15.0. The smallest absolute Gasteiger partial charge is 0.205 e. The summed E-state index contributed by atoms with van der Waals surface area (Å²) in [7, 11) is 1.77. The van der Waals surface area contributed by atoms with Gasteiger partial charge in [0.1, 0.15) is 0 Å². The fraction of sp³-hybridized carbons (Fsp3) is 0.545. The van der Waals surface area contributed by atoms with Crippen LogP contribution in [0.2, 0.25) is 0 Å². The Hall–Kier alpha value is -1.27. The molecule has 94 valence electrons. The number of hydrogen-bond donors (Lipinski definition) is 3. The zero-order valence-corrected chi connectivity index (χ0v) is 11.2. The third-order valence-corrected chi connectivity index (χ3v) is 2.84. The molecule has 6 heteroatoms. The molecule has 0 atom stereocenters. The zero-order valence-electron chi connectivity index (χ0n) is 10.4. The van der Waals surface area contributed by atoms with Crippen LogP contribution in [0.4, 0.5) is 0 Å². The van der Waals surface area contributed by atoms with E-state index in [2.05, 4.69) is 20.9 Å². The predicted molar refractivity (Wildman–Crippen MR) is 73.3 cm³/mol. The van der Waals surface area contributed by atoms with E-state index in [1.54, 1.807) is 14.0 Å². The van der Waals surface area contributed by atoms with Crippen molar-refractivity contribution in [2.24, 2.45) is 4.99 Å². The van der Waals surface area contributed by atoms with Crippen LogP contribution < -0.4 is 16.0 Å². The molecule has 0 aromatic carbocycles. The minimum absolute atomic E-state index is 0.0497. The van der Waals surface area contributed by atoms with Crippen LogP contribution in [0, 0.1) is 0 Å². The SMILES string of the molecule is CNC(=S)NCCNCC1=C(C)N=C(C)C1=O. The third-order valence-electron chi connectivity index (χ3n) is 2.49. The minimum atomic E-state index is 0.0497. The summed E-state index contributed by atoms with van der Waals surface area (Å²) in [6, 6.07) is 0. The van der Waals surface area contributed by atoms with Crippen LogP contribution in [-0.4, -0.2) is 43.3 Å². The Labute approximate surface area is 107 Å². The van der Waals surface area contributed by atoms with Crippen molar-refractivity contribution in [1.82, 2.24) is 16.0 Å².